The van der Waals surface area contributed by atoms with Gasteiger partial charge in [0.2, 0.25) is 0 Å². The van der Waals surface area contributed by atoms with E-state index < -0.39 is 0 Å². The van der Waals surface area contributed by atoms with Gasteiger partial charge in [-0.25, -0.2) is 14.1 Å². The molecule has 0 amide bonds. The zero-order valence-corrected chi connectivity index (χ0v) is 24.5. The van der Waals surface area contributed by atoms with Crippen molar-refractivity contribution in [2.24, 2.45) is 10.9 Å². The number of rotatable bonds is 4. The van der Waals surface area contributed by atoms with E-state index in [-0.39, 0.29) is 34.4 Å². The molecule has 2 aliphatic carbocycles. The zero-order valence-electron chi connectivity index (χ0n) is 22.2. The van der Waals surface area contributed by atoms with E-state index in [1.54, 1.807) is 23.0 Å². The second-order valence-corrected chi connectivity index (χ2v) is 12.7. The molecule has 2 aromatic carbocycles. The molecule has 3 atom stereocenters. The third-order valence-electron chi connectivity index (χ3n) is 9.01. The van der Waals surface area contributed by atoms with Gasteiger partial charge in [0.25, 0.3) is 5.56 Å². The van der Waals surface area contributed by atoms with Crippen LogP contribution in [0.5, 0.6) is 0 Å². The largest absolute Gasteiger partial charge is 0.303 e. The average Bonchev–Trinajstić information content (AvgIpc) is 3.28. The van der Waals surface area contributed by atoms with Gasteiger partial charge in [-0.15, -0.1) is 5.10 Å². The molecule has 0 spiro atoms. The molecule has 0 radical (unpaired) electrons. The van der Waals surface area contributed by atoms with Crippen molar-refractivity contribution >= 4 is 46.1 Å². The first-order valence-electron chi connectivity index (χ1n) is 13.8. The summed E-state index contributed by atoms with van der Waals surface area (Å²) in [7, 11) is 0. The number of halogens is 4. The molecule has 42 heavy (non-hydrogen) atoms. The molecule has 4 aromatic rings. The molecule has 2 aliphatic heterocycles. The highest BCUT2D eigenvalue weighted by Gasteiger charge is 2.55. The summed E-state index contributed by atoms with van der Waals surface area (Å²) in [6.07, 6.45) is 5.11. The van der Waals surface area contributed by atoms with Gasteiger partial charge < -0.3 is 4.57 Å². The minimum atomic E-state index is -0.214. The van der Waals surface area contributed by atoms with Crippen LogP contribution in [-0.4, -0.2) is 25.3 Å². The van der Waals surface area contributed by atoms with Crippen molar-refractivity contribution in [2.75, 3.05) is 0 Å². The number of aliphatic imine (C=N–C) groups is 1. The van der Waals surface area contributed by atoms with Crippen LogP contribution in [0.25, 0.3) is 22.4 Å². The van der Waals surface area contributed by atoms with Crippen molar-refractivity contribution in [3.05, 3.63) is 115 Å². The summed E-state index contributed by atoms with van der Waals surface area (Å²) in [6, 6.07) is 12.7. The summed E-state index contributed by atoms with van der Waals surface area (Å²) < 4.78 is 19.2. The van der Waals surface area contributed by atoms with E-state index in [9.17, 15) is 4.79 Å². The van der Waals surface area contributed by atoms with Gasteiger partial charge in [-0.1, -0.05) is 64.3 Å². The lowest BCUT2D eigenvalue weighted by Crippen LogP contribution is -2.29. The number of hydrogen-bond donors (Lipinski definition) is 0. The maximum absolute atomic E-state index is 15.7. The first-order valence-corrected chi connectivity index (χ1v) is 15.0. The number of allylic oxidation sites excluding steroid dienone is 2. The molecule has 0 saturated heterocycles. The van der Waals surface area contributed by atoms with E-state index in [4.69, 9.17) is 39.8 Å². The highest BCUT2D eigenvalue weighted by Crippen LogP contribution is 2.60. The zero-order chi connectivity index (χ0) is 28.9. The predicted octanol–water partition coefficient (Wildman–Crippen LogP) is 7.70. The van der Waals surface area contributed by atoms with Crippen molar-refractivity contribution in [1.29, 1.82) is 0 Å². The number of benzene rings is 2. The fraction of sp³-hybridized carbons (Fsp3) is 0.250. The Labute approximate surface area is 255 Å². The summed E-state index contributed by atoms with van der Waals surface area (Å²) in [5.74, 6) is 0.279. The lowest BCUT2D eigenvalue weighted by molar-refractivity contribution is 0.583. The van der Waals surface area contributed by atoms with Crippen LogP contribution in [0.1, 0.15) is 53.6 Å². The Morgan fingerprint density at radius 3 is 2.67 bits per heavy atom. The molecule has 210 valence electrons. The van der Waals surface area contributed by atoms with E-state index in [1.807, 2.05) is 28.8 Å². The highest BCUT2D eigenvalue weighted by molar-refractivity contribution is 6.35. The van der Waals surface area contributed by atoms with Gasteiger partial charge in [-0.2, -0.15) is 0 Å². The minimum absolute atomic E-state index is 0.130. The maximum atomic E-state index is 15.7. The topological polar surface area (TPSA) is 65.1 Å². The predicted molar refractivity (Wildman–Crippen MR) is 163 cm³/mol. The molecule has 0 bridgehead atoms. The Morgan fingerprint density at radius 2 is 1.86 bits per heavy atom. The molecule has 10 heteroatoms. The Hall–Kier alpha value is -3.52. The van der Waals surface area contributed by atoms with Crippen LogP contribution in [0.4, 0.5) is 4.39 Å². The number of fused-ring (bicyclic) bond motifs is 4. The summed E-state index contributed by atoms with van der Waals surface area (Å²) >= 11 is 19.1. The minimum Gasteiger partial charge on any atom is -0.303 e. The molecule has 4 aliphatic rings. The molecular weight excluding hydrogens is 596 g/mol. The SMILES string of the molecule is C=C1CCc2c(ccc(C3=C(Cl)N=C(C4C5CC5c5cc(-c6cc(Cl)ccc6-n6cc(Cl)nn6)cc(=O)n54)C3)c2F)C1. The van der Waals surface area contributed by atoms with E-state index in [1.165, 1.54) is 0 Å². The monoisotopic (exact) mass is 617 g/mol. The van der Waals surface area contributed by atoms with E-state index in [0.29, 0.717) is 46.3 Å². The number of hydrogen-bond acceptors (Lipinski definition) is 4. The second-order valence-electron chi connectivity index (χ2n) is 11.5. The van der Waals surface area contributed by atoms with Crippen molar-refractivity contribution in [3.8, 4) is 16.8 Å². The van der Waals surface area contributed by atoms with Crippen LogP contribution >= 0.6 is 34.8 Å². The standard InChI is InChI=1S/C32H23Cl3FN5O/c1-15-2-5-19-16(8-15)3-6-20(30(19)36)24-13-25(37-32(24)35)31-23-12-22(23)27-9-17(10-29(42)41(27)31)21-11-18(33)4-7-26(21)40-14-28(34)38-39-40/h3-4,6-7,9-11,14,22-23,31H,1-2,5,8,12-13H2. The molecule has 2 aromatic heterocycles. The van der Waals surface area contributed by atoms with E-state index >= 15 is 4.39 Å². The number of nitrogens with zero attached hydrogens (tertiary/aromatic N) is 5. The van der Waals surface area contributed by atoms with Gasteiger partial charge in [-0.05, 0) is 72.6 Å². The quantitative estimate of drug-likeness (QED) is 0.174. The number of aromatic nitrogens is 4. The van der Waals surface area contributed by atoms with Crippen LogP contribution in [0.3, 0.4) is 0 Å². The Bertz CT molecular complexity index is 1990. The van der Waals surface area contributed by atoms with Gasteiger partial charge in [0.15, 0.2) is 5.15 Å². The lowest BCUT2D eigenvalue weighted by Gasteiger charge is -2.21. The van der Waals surface area contributed by atoms with Crippen LogP contribution in [0, 0.1) is 11.7 Å². The fourth-order valence-corrected chi connectivity index (χ4v) is 7.56. The molecule has 0 N–H and O–H groups in total. The molecule has 8 rings (SSSR count). The van der Waals surface area contributed by atoms with Crippen molar-refractivity contribution in [2.45, 2.75) is 44.1 Å². The molecule has 1 fully saturated rings. The van der Waals surface area contributed by atoms with Gasteiger partial charge in [-0.3, -0.25) is 4.79 Å². The van der Waals surface area contributed by atoms with Gasteiger partial charge in [0, 0.05) is 51.5 Å². The van der Waals surface area contributed by atoms with Crippen LogP contribution in [-0.2, 0) is 12.8 Å². The molecule has 4 heterocycles. The second kappa shape index (κ2) is 9.49. The van der Waals surface area contributed by atoms with Crippen molar-refractivity contribution < 1.29 is 4.39 Å². The lowest BCUT2D eigenvalue weighted by atomic mass is 9.85. The summed E-state index contributed by atoms with van der Waals surface area (Å²) in [5.41, 5.74) is 7.89. The third-order valence-corrected chi connectivity index (χ3v) is 9.73. The summed E-state index contributed by atoms with van der Waals surface area (Å²) in [6.45, 7) is 4.07. The van der Waals surface area contributed by atoms with Gasteiger partial charge in [0.1, 0.15) is 11.0 Å². The normalized spacial score (nSPS) is 22.2. The first-order chi connectivity index (χ1) is 20.3. The summed E-state index contributed by atoms with van der Waals surface area (Å²) in [5, 5.41) is 9.09. The Balaban J connectivity index is 1.14. The molecule has 3 unspecified atom stereocenters. The molecular formula is C32H23Cl3FN5O. The smallest absolute Gasteiger partial charge is 0.251 e. The molecule has 6 nitrogen and oxygen atoms in total. The van der Waals surface area contributed by atoms with Gasteiger partial charge >= 0.3 is 0 Å². The third kappa shape index (κ3) is 4.05. The van der Waals surface area contributed by atoms with E-state index in [0.717, 1.165) is 52.1 Å². The summed E-state index contributed by atoms with van der Waals surface area (Å²) in [4.78, 5) is 18.5. The Morgan fingerprint density at radius 1 is 1.00 bits per heavy atom. The highest BCUT2D eigenvalue weighted by atomic mass is 35.5. The average molecular weight is 619 g/mol. The van der Waals surface area contributed by atoms with Crippen molar-refractivity contribution in [3.63, 3.8) is 0 Å². The maximum Gasteiger partial charge on any atom is 0.251 e. The Kier molecular flexibility index (Phi) is 5.91. The van der Waals surface area contributed by atoms with Crippen LogP contribution in [0.15, 0.2) is 75.8 Å². The van der Waals surface area contributed by atoms with Crippen LogP contribution in [0.2, 0.25) is 10.2 Å². The van der Waals surface area contributed by atoms with Gasteiger partial charge in [0.05, 0.1) is 17.9 Å². The number of pyridine rings is 1. The van der Waals surface area contributed by atoms with Crippen LogP contribution < -0.4 is 5.56 Å². The molecule has 1 saturated carbocycles. The first kappa shape index (κ1) is 26.1. The van der Waals surface area contributed by atoms with Crippen molar-refractivity contribution in [1.82, 2.24) is 19.6 Å². The fourth-order valence-electron chi connectivity index (χ4n) is 6.98. The van der Waals surface area contributed by atoms with E-state index in [2.05, 4.69) is 23.0 Å².